The first kappa shape index (κ1) is 13.5. The summed E-state index contributed by atoms with van der Waals surface area (Å²) in [4.78, 5) is 0. The Bertz CT molecular complexity index is 758. The van der Waals surface area contributed by atoms with Crippen molar-refractivity contribution in [1.29, 1.82) is 0 Å². The van der Waals surface area contributed by atoms with Crippen LogP contribution in [-0.2, 0) is 0 Å². The molecule has 2 nitrogen and oxygen atoms in total. The van der Waals surface area contributed by atoms with E-state index < -0.39 is 0 Å². The van der Waals surface area contributed by atoms with Crippen molar-refractivity contribution >= 4 is 48.3 Å². The van der Waals surface area contributed by atoms with Crippen molar-refractivity contribution in [3.05, 3.63) is 63.5 Å². The topological polar surface area (TPSA) is 35.2 Å². The fourth-order valence-electron chi connectivity index (χ4n) is 2.03. The average molecular weight is 393 g/mol. The smallest absolute Gasteiger partial charge is 0.135 e. The van der Waals surface area contributed by atoms with E-state index in [1.165, 1.54) is 0 Å². The van der Waals surface area contributed by atoms with Crippen LogP contribution in [0.2, 0.25) is 0 Å². The Labute approximate surface area is 133 Å². The lowest BCUT2D eigenvalue weighted by Gasteiger charge is -2.11. The van der Waals surface area contributed by atoms with Crippen molar-refractivity contribution < 1.29 is 4.74 Å². The van der Waals surface area contributed by atoms with Crippen molar-refractivity contribution in [3.8, 4) is 11.5 Å². The standard InChI is InChI=1S/C16H11Br2NO/c17-13-8-11(9-14(18)16(13)19)20-15-7-3-5-10-4-1-2-6-12(10)15/h1-9H,19H2. The second-order valence-electron chi connectivity index (χ2n) is 4.38. The van der Waals surface area contributed by atoms with E-state index in [1.54, 1.807) is 0 Å². The van der Waals surface area contributed by atoms with E-state index in [9.17, 15) is 0 Å². The number of fused-ring (bicyclic) bond motifs is 1. The maximum Gasteiger partial charge on any atom is 0.135 e. The Morgan fingerprint density at radius 2 is 1.50 bits per heavy atom. The van der Waals surface area contributed by atoms with Crippen LogP contribution in [-0.4, -0.2) is 0 Å². The summed E-state index contributed by atoms with van der Waals surface area (Å²) in [5.74, 6) is 1.56. The van der Waals surface area contributed by atoms with Gasteiger partial charge in [0, 0.05) is 14.3 Å². The predicted molar refractivity (Wildman–Crippen MR) is 90.3 cm³/mol. The number of benzene rings is 3. The quantitative estimate of drug-likeness (QED) is 0.564. The number of hydrogen-bond acceptors (Lipinski definition) is 2. The Kier molecular flexibility index (Phi) is 3.68. The van der Waals surface area contributed by atoms with Gasteiger partial charge in [-0.15, -0.1) is 0 Å². The molecule has 0 bridgehead atoms. The first-order valence-corrected chi connectivity index (χ1v) is 7.64. The third-order valence-corrected chi connectivity index (χ3v) is 4.34. The molecule has 0 heterocycles. The third-order valence-electron chi connectivity index (χ3n) is 3.03. The summed E-state index contributed by atoms with van der Waals surface area (Å²) in [7, 11) is 0. The van der Waals surface area contributed by atoms with Crippen LogP contribution in [0, 0.1) is 0 Å². The molecule has 2 N–H and O–H groups in total. The van der Waals surface area contributed by atoms with Crippen LogP contribution in [0.4, 0.5) is 5.69 Å². The zero-order valence-electron chi connectivity index (χ0n) is 10.4. The second-order valence-corrected chi connectivity index (χ2v) is 6.09. The van der Waals surface area contributed by atoms with Crippen molar-refractivity contribution in [2.75, 3.05) is 5.73 Å². The van der Waals surface area contributed by atoms with Gasteiger partial charge in [0.1, 0.15) is 11.5 Å². The molecule has 0 atom stereocenters. The van der Waals surface area contributed by atoms with Gasteiger partial charge in [0.15, 0.2) is 0 Å². The lowest BCUT2D eigenvalue weighted by molar-refractivity contribution is 0.488. The van der Waals surface area contributed by atoms with Gasteiger partial charge < -0.3 is 10.5 Å². The Hall–Kier alpha value is -1.52. The van der Waals surface area contributed by atoms with E-state index in [0.717, 1.165) is 31.2 Å². The van der Waals surface area contributed by atoms with Crippen LogP contribution in [0.3, 0.4) is 0 Å². The normalized spacial score (nSPS) is 10.7. The van der Waals surface area contributed by atoms with Gasteiger partial charge in [-0.25, -0.2) is 0 Å². The molecule has 0 spiro atoms. The van der Waals surface area contributed by atoms with Gasteiger partial charge in [0.2, 0.25) is 0 Å². The van der Waals surface area contributed by atoms with Crippen molar-refractivity contribution in [2.24, 2.45) is 0 Å². The molecule has 100 valence electrons. The van der Waals surface area contributed by atoms with Gasteiger partial charge in [0.05, 0.1) is 5.69 Å². The van der Waals surface area contributed by atoms with Crippen LogP contribution in [0.15, 0.2) is 63.5 Å². The molecule has 0 amide bonds. The largest absolute Gasteiger partial charge is 0.457 e. The molecule has 20 heavy (non-hydrogen) atoms. The highest BCUT2D eigenvalue weighted by molar-refractivity contribution is 9.11. The highest BCUT2D eigenvalue weighted by atomic mass is 79.9. The summed E-state index contributed by atoms with van der Waals surface area (Å²) in [6.07, 6.45) is 0. The number of nitrogens with two attached hydrogens (primary N) is 1. The molecule has 0 fully saturated rings. The molecular formula is C16H11Br2NO. The van der Waals surface area contributed by atoms with Gasteiger partial charge in [-0.1, -0.05) is 36.4 Å². The van der Waals surface area contributed by atoms with E-state index in [-0.39, 0.29) is 0 Å². The number of halogens is 2. The predicted octanol–water partition coefficient (Wildman–Crippen LogP) is 5.74. The van der Waals surface area contributed by atoms with Gasteiger partial charge in [-0.05, 0) is 55.4 Å². The summed E-state index contributed by atoms with van der Waals surface area (Å²) >= 11 is 6.85. The summed E-state index contributed by atoms with van der Waals surface area (Å²) < 4.78 is 7.61. The maximum absolute atomic E-state index is 5.99. The molecule has 3 aromatic rings. The fourth-order valence-corrected chi connectivity index (χ4v) is 3.18. The van der Waals surface area contributed by atoms with E-state index >= 15 is 0 Å². The molecule has 0 aromatic heterocycles. The van der Waals surface area contributed by atoms with Crippen LogP contribution in [0.5, 0.6) is 11.5 Å². The molecule has 0 saturated carbocycles. The molecular weight excluding hydrogens is 382 g/mol. The highest BCUT2D eigenvalue weighted by Crippen LogP contribution is 2.36. The maximum atomic E-state index is 5.99. The summed E-state index contributed by atoms with van der Waals surface area (Å²) in [5, 5.41) is 2.23. The summed E-state index contributed by atoms with van der Waals surface area (Å²) in [5.41, 5.74) is 6.55. The molecule has 0 aliphatic heterocycles. The fraction of sp³-hybridized carbons (Fsp3) is 0. The molecule has 0 aliphatic rings. The number of nitrogen functional groups attached to an aromatic ring is 1. The minimum absolute atomic E-state index is 0.662. The van der Waals surface area contributed by atoms with Crippen LogP contribution < -0.4 is 10.5 Å². The zero-order valence-corrected chi connectivity index (χ0v) is 13.6. The third kappa shape index (κ3) is 2.53. The zero-order chi connectivity index (χ0) is 14.1. The molecule has 0 unspecified atom stereocenters. The second kappa shape index (κ2) is 5.46. The minimum Gasteiger partial charge on any atom is -0.457 e. The number of rotatable bonds is 2. The first-order valence-electron chi connectivity index (χ1n) is 6.05. The first-order chi connectivity index (χ1) is 9.65. The van der Waals surface area contributed by atoms with E-state index in [0.29, 0.717) is 5.69 Å². The van der Waals surface area contributed by atoms with Gasteiger partial charge in [-0.2, -0.15) is 0 Å². The summed E-state index contributed by atoms with van der Waals surface area (Å²) in [6, 6.07) is 17.9. The van der Waals surface area contributed by atoms with Gasteiger partial charge in [0.25, 0.3) is 0 Å². The number of anilines is 1. The number of ether oxygens (including phenoxy) is 1. The van der Waals surface area contributed by atoms with E-state index in [1.807, 2.05) is 42.5 Å². The molecule has 3 aromatic carbocycles. The molecule has 0 aliphatic carbocycles. The molecule has 0 saturated heterocycles. The Morgan fingerprint density at radius 1 is 0.850 bits per heavy atom. The van der Waals surface area contributed by atoms with E-state index in [4.69, 9.17) is 10.5 Å². The minimum atomic E-state index is 0.662. The lowest BCUT2D eigenvalue weighted by atomic mass is 10.1. The van der Waals surface area contributed by atoms with Crippen LogP contribution in [0.25, 0.3) is 10.8 Å². The highest BCUT2D eigenvalue weighted by Gasteiger charge is 2.07. The van der Waals surface area contributed by atoms with E-state index in [2.05, 4.69) is 44.0 Å². The average Bonchev–Trinajstić information content (AvgIpc) is 2.45. The Balaban J connectivity index is 2.06. The van der Waals surface area contributed by atoms with Crippen LogP contribution in [0.1, 0.15) is 0 Å². The van der Waals surface area contributed by atoms with Crippen molar-refractivity contribution in [3.63, 3.8) is 0 Å². The summed E-state index contributed by atoms with van der Waals surface area (Å²) in [6.45, 7) is 0. The molecule has 4 heteroatoms. The van der Waals surface area contributed by atoms with Crippen molar-refractivity contribution in [2.45, 2.75) is 0 Å². The lowest BCUT2D eigenvalue weighted by Crippen LogP contribution is -1.91. The van der Waals surface area contributed by atoms with Gasteiger partial charge >= 0.3 is 0 Å². The molecule has 3 rings (SSSR count). The van der Waals surface area contributed by atoms with Crippen molar-refractivity contribution in [1.82, 2.24) is 0 Å². The van der Waals surface area contributed by atoms with Gasteiger partial charge in [-0.3, -0.25) is 0 Å². The SMILES string of the molecule is Nc1c(Br)cc(Oc2cccc3ccccc23)cc1Br. The molecule has 0 radical (unpaired) electrons. The van der Waals surface area contributed by atoms with Crippen LogP contribution >= 0.6 is 31.9 Å². The Morgan fingerprint density at radius 3 is 2.25 bits per heavy atom. The number of hydrogen-bond donors (Lipinski definition) is 1. The monoisotopic (exact) mass is 391 g/mol.